The highest BCUT2D eigenvalue weighted by molar-refractivity contribution is 5.79. The van der Waals surface area contributed by atoms with Crippen LogP contribution in [-0.4, -0.2) is 30.5 Å². The van der Waals surface area contributed by atoms with Gasteiger partial charge in [0.15, 0.2) is 0 Å². The third-order valence-corrected chi connectivity index (χ3v) is 3.23. The molecular weight excluding hydrogens is 200 g/mol. The Morgan fingerprint density at radius 3 is 2.50 bits per heavy atom. The van der Waals surface area contributed by atoms with E-state index in [0.717, 1.165) is 31.5 Å². The Labute approximate surface area is 99.3 Å². The summed E-state index contributed by atoms with van der Waals surface area (Å²) in [6.45, 7) is 9.61. The largest absolute Gasteiger partial charge is 0.342 e. The number of aliphatic imine (C=N–C) groups is 1. The van der Waals surface area contributed by atoms with E-state index < -0.39 is 0 Å². The van der Waals surface area contributed by atoms with Crippen molar-refractivity contribution < 1.29 is 0 Å². The number of hydrazine groups is 1. The Bertz CT molecular complexity index is 217. The maximum Gasteiger partial charge on any atom is 0.208 e. The smallest absolute Gasteiger partial charge is 0.208 e. The van der Waals surface area contributed by atoms with Crippen molar-refractivity contribution in [3.8, 4) is 0 Å². The minimum atomic E-state index is 0.580. The van der Waals surface area contributed by atoms with Crippen molar-refractivity contribution in [3.63, 3.8) is 0 Å². The van der Waals surface area contributed by atoms with E-state index >= 15 is 0 Å². The van der Waals surface area contributed by atoms with Crippen molar-refractivity contribution in [2.24, 2.45) is 22.7 Å². The van der Waals surface area contributed by atoms with Gasteiger partial charge < -0.3 is 4.90 Å². The highest BCUT2D eigenvalue weighted by atomic mass is 15.4. The van der Waals surface area contributed by atoms with Crippen LogP contribution >= 0.6 is 0 Å². The summed E-state index contributed by atoms with van der Waals surface area (Å²) in [4.78, 5) is 6.80. The van der Waals surface area contributed by atoms with Gasteiger partial charge in [0, 0.05) is 19.6 Å². The molecule has 0 bridgehead atoms. The van der Waals surface area contributed by atoms with E-state index in [0.29, 0.717) is 5.92 Å². The number of nitrogens with one attached hydrogen (secondary N) is 1. The normalized spacial score (nSPS) is 19.3. The van der Waals surface area contributed by atoms with Crippen LogP contribution in [0.15, 0.2) is 4.99 Å². The molecule has 0 aliphatic carbocycles. The third kappa shape index (κ3) is 4.00. The van der Waals surface area contributed by atoms with Crippen LogP contribution in [0.25, 0.3) is 0 Å². The lowest BCUT2D eigenvalue weighted by Gasteiger charge is -2.33. The van der Waals surface area contributed by atoms with Crippen molar-refractivity contribution in [2.75, 3.05) is 19.6 Å². The lowest BCUT2D eigenvalue weighted by atomic mass is 9.95. The second kappa shape index (κ2) is 6.74. The number of piperidine rings is 1. The molecule has 4 nitrogen and oxygen atoms in total. The molecule has 1 heterocycles. The van der Waals surface area contributed by atoms with Gasteiger partial charge in [-0.25, -0.2) is 5.84 Å². The molecule has 1 saturated heterocycles. The summed E-state index contributed by atoms with van der Waals surface area (Å²) in [5.41, 5.74) is 2.74. The zero-order valence-corrected chi connectivity index (χ0v) is 10.9. The molecule has 0 unspecified atom stereocenters. The standard InChI is InChI=1S/C12H26N4/c1-4-11-5-7-16(8-6-11)12(15-13)14-9-10(2)3/h10-11H,4-9,13H2,1-3H3,(H,14,15). The Morgan fingerprint density at radius 2 is 2.06 bits per heavy atom. The molecule has 4 heteroatoms. The van der Waals surface area contributed by atoms with Gasteiger partial charge >= 0.3 is 0 Å². The third-order valence-electron chi connectivity index (χ3n) is 3.23. The average Bonchev–Trinajstić information content (AvgIpc) is 2.30. The number of likely N-dealkylation sites (tertiary alicyclic amines) is 1. The Morgan fingerprint density at radius 1 is 1.44 bits per heavy atom. The minimum absolute atomic E-state index is 0.580. The fourth-order valence-electron chi connectivity index (χ4n) is 2.06. The number of rotatable bonds is 3. The van der Waals surface area contributed by atoms with Gasteiger partial charge in [-0.2, -0.15) is 0 Å². The molecule has 16 heavy (non-hydrogen) atoms. The van der Waals surface area contributed by atoms with Gasteiger partial charge in [0.1, 0.15) is 0 Å². The molecule has 0 aromatic heterocycles. The fraction of sp³-hybridized carbons (Fsp3) is 0.917. The first-order chi connectivity index (χ1) is 7.67. The van der Waals surface area contributed by atoms with Gasteiger partial charge in [-0.1, -0.05) is 27.2 Å². The number of nitrogens with zero attached hydrogens (tertiary/aromatic N) is 2. The first kappa shape index (κ1) is 13.3. The molecule has 3 N–H and O–H groups in total. The first-order valence-electron chi connectivity index (χ1n) is 6.43. The molecule has 0 amide bonds. The van der Waals surface area contributed by atoms with Crippen LogP contribution in [0.1, 0.15) is 40.0 Å². The number of hydrogen-bond donors (Lipinski definition) is 2. The molecule has 1 aliphatic heterocycles. The summed E-state index contributed by atoms with van der Waals surface area (Å²) < 4.78 is 0. The molecule has 0 aromatic carbocycles. The van der Waals surface area contributed by atoms with Gasteiger partial charge in [-0.15, -0.1) is 0 Å². The summed E-state index contributed by atoms with van der Waals surface area (Å²) >= 11 is 0. The highest BCUT2D eigenvalue weighted by Gasteiger charge is 2.19. The Balaban J connectivity index is 2.45. The minimum Gasteiger partial charge on any atom is -0.342 e. The summed E-state index contributed by atoms with van der Waals surface area (Å²) in [7, 11) is 0. The monoisotopic (exact) mass is 226 g/mol. The van der Waals surface area contributed by atoms with Crippen LogP contribution < -0.4 is 11.3 Å². The van der Waals surface area contributed by atoms with Gasteiger partial charge in [0.05, 0.1) is 0 Å². The predicted octanol–water partition coefficient (Wildman–Crippen LogP) is 1.58. The maximum absolute atomic E-state index is 5.53. The number of nitrogens with two attached hydrogens (primary N) is 1. The van der Waals surface area contributed by atoms with E-state index in [1.165, 1.54) is 19.3 Å². The quantitative estimate of drug-likeness (QED) is 0.332. The molecule has 94 valence electrons. The van der Waals surface area contributed by atoms with E-state index in [1.807, 2.05) is 0 Å². The van der Waals surface area contributed by atoms with E-state index in [2.05, 4.69) is 36.1 Å². The predicted molar refractivity (Wildman–Crippen MR) is 69.1 cm³/mol. The summed E-state index contributed by atoms with van der Waals surface area (Å²) in [5.74, 6) is 7.87. The molecule has 0 saturated carbocycles. The zero-order chi connectivity index (χ0) is 12.0. The van der Waals surface area contributed by atoms with Gasteiger partial charge in [0.2, 0.25) is 5.96 Å². The van der Waals surface area contributed by atoms with E-state index in [1.54, 1.807) is 0 Å². The van der Waals surface area contributed by atoms with Crippen LogP contribution in [0.3, 0.4) is 0 Å². The second-order valence-corrected chi connectivity index (χ2v) is 5.04. The molecule has 1 fully saturated rings. The first-order valence-corrected chi connectivity index (χ1v) is 6.43. The molecule has 1 aliphatic rings. The lowest BCUT2D eigenvalue weighted by Crippen LogP contribution is -2.48. The molecule has 0 radical (unpaired) electrons. The average molecular weight is 226 g/mol. The topological polar surface area (TPSA) is 53.6 Å². The Hall–Kier alpha value is -0.770. The molecule has 1 rings (SSSR count). The zero-order valence-electron chi connectivity index (χ0n) is 10.9. The number of guanidine groups is 1. The van der Waals surface area contributed by atoms with Gasteiger partial charge in [0.25, 0.3) is 0 Å². The molecule has 0 atom stereocenters. The molecule has 0 aromatic rings. The van der Waals surface area contributed by atoms with E-state index in [4.69, 9.17) is 5.84 Å². The Kier molecular flexibility index (Phi) is 5.60. The lowest BCUT2D eigenvalue weighted by molar-refractivity contribution is 0.255. The second-order valence-electron chi connectivity index (χ2n) is 5.04. The van der Waals surface area contributed by atoms with Gasteiger partial charge in [-0.05, 0) is 24.7 Å². The maximum atomic E-state index is 5.53. The highest BCUT2D eigenvalue weighted by Crippen LogP contribution is 2.19. The van der Waals surface area contributed by atoms with Crippen molar-refractivity contribution in [3.05, 3.63) is 0 Å². The van der Waals surface area contributed by atoms with Crippen LogP contribution in [0.5, 0.6) is 0 Å². The van der Waals surface area contributed by atoms with Crippen LogP contribution in [-0.2, 0) is 0 Å². The van der Waals surface area contributed by atoms with E-state index in [-0.39, 0.29) is 0 Å². The van der Waals surface area contributed by atoms with Crippen LogP contribution in [0.4, 0.5) is 0 Å². The van der Waals surface area contributed by atoms with Crippen molar-refractivity contribution in [1.82, 2.24) is 10.3 Å². The summed E-state index contributed by atoms with van der Waals surface area (Å²) in [5, 5.41) is 0. The molecule has 0 spiro atoms. The van der Waals surface area contributed by atoms with E-state index in [9.17, 15) is 0 Å². The van der Waals surface area contributed by atoms with Crippen molar-refractivity contribution in [1.29, 1.82) is 0 Å². The van der Waals surface area contributed by atoms with Crippen LogP contribution in [0, 0.1) is 11.8 Å². The van der Waals surface area contributed by atoms with Gasteiger partial charge in [-0.3, -0.25) is 10.4 Å². The summed E-state index contributed by atoms with van der Waals surface area (Å²) in [6, 6.07) is 0. The van der Waals surface area contributed by atoms with Crippen molar-refractivity contribution >= 4 is 5.96 Å². The van der Waals surface area contributed by atoms with Crippen molar-refractivity contribution in [2.45, 2.75) is 40.0 Å². The van der Waals surface area contributed by atoms with Crippen LogP contribution in [0.2, 0.25) is 0 Å². The SMILES string of the molecule is CCC1CCN(C(=NCC(C)C)NN)CC1. The fourth-order valence-corrected chi connectivity index (χ4v) is 2.06. The summed E-state index contributed by atoms with van der Waals surface area (Å²) in [6.07, 6.45) is 3.82. The molecular formula is C12H26N4. The number of hydrogen-bond acceptors (Lipinski definition) is 2.